The number of rotatable bonds is 10. The van der Waals surface area contributed by atoms with Crippen molar-refractivity contribution in [3.8, 4) is 10.4 Å². The first-order valence-electron chi connectivity index (χ1n) is 12.3. The number of anilines is 3. The zero-order valence-corrected chi connectivity index (χ0v) is 21.7. The Morgan fingerprint density at radius 2 is 1.74 bits per heavy atom. The lowest BCUT2D eigenvalue weighted by Gasteiger charge is -2.09. The summed E-state index contributed by atoms with van der Waals surface area (Å²) in [5.41, 5.74) is 15.5. The second-order valence-corrected chi connectivity index (χ2v) is 9.98. The number of nitrogens with zero attached hydrogens (tertiary/aromatic N) is 2. The van der Waals surface area contributed by atoms with Crippen LogP contribution in [-0.4, -0.2) is 33.7 Å². The summed E-state index contributed by atoms with van der Waals surface area (Å²) in [6, 6.07) is 25.6. The van der Waals surface area contributed by atoms with Crippen LogP contribution in [0.15, 0.2) is 84.9 Å². The molecule has 0 unspecified atom stereocenters. The topological polar surface area (TPSA) is 145 Å². The number of imidazole rings is 1. The van der Waals surface area contributed by atoms with Crippen LogP contribution in [0.3, 0.4) is 0 Å². The van der Waals surface area contributed by atoms with Crippen LogP contribution >= 0.6 is 11.3 Å². The number of nitrogens with one attached hydrogen (secondary N) is 2. The Labute approximate surface area is 228 Å². The third-order valence-electron chi connectivity index (χ3n) is 6.11. The van der Waals surface area contributed by atoms with Gasteiger partial charge in [-0.2, -0.15) is 0 Å². The molecule has 2 amide bonds. The normalized spacial score (nSPS) is 10.9. The maximum atomic E-state index is 13.2. The molecule has 9 nitrogen and oxygen atoms in total. The Kier molecular flexibility index (Phi) is 7.37. The van der Waals surface area contributed by atoms with Crippen molar-refractivity contribution in [1.82, 2.24) is 9.55 Å². The monoisotopic (exact) mass is 538 g/mol. The van der Waals surface area contributed by atoms with Gasteiger partial charge in [-0.25, -0.2) is 4.98 Å². The van der Waals surface area contributed by atoms with Crippen molar-refractivity contribution in [2.75, 3.05) is 22.9 Å². The number of benzene rings is 3. The second kappa shape index (κ2) is 11.2. The molecule has 0 aliphatic rings. The van der Waals surface area contributed by atoms with E-state index in [0.717, 1.165) is 16.0 Å². The van der Waals surface area contributed by atoms with E-state index in [1.54, 1.807) is 28.8 Å². The number of Topliss-reactive ketones (excluding diaryl/α,β-unsaturated/α-hetero) is 1. The summed E-state index contributed by atoms with van der Waals surface area (Å²) >= 11 is 1.34. The summed E-state index contributed by atoms with van der Waals surface area (Å²) in [5.74, 6) is -0.522. The quantitative estimate of drug-likeness (QED) is 0.149. The van der Waals surface area contributed by atoms with Gasteiger partial charge in [0.2, 0.25) is 11.9 Å². The molecule has 5 aromatic rings. The number of fused-ring (bicyclic) bond motifs is 1. The maximum absolute atomic E-state index is 13.2. The zero-order chi connectivity index (χ0) is 27.4. The van der Waals surface area contributed by atoms with Gasteiger partial charge in [-0.05, 0) is 48.0 Å². The van der Waals surface area contributed by atoms with E-state index in [2.05, 4.69) is 15.6 Å². The number of primary amides is 1. The van der Waals surface area contributed by atoms with Crippen molar-refractivity contribution in [2.24, 2.45) is 5.73 Å². The number of ketones is 1. The number of nitrogen functional groups attached to an aromatic ring is 1. The van der Waals surface area contributed by atoms with Crippen LogP contribution in [0.2, 0.25) is 0 Å². The lowest BCUT2D eigenvalue weighted by Crippen LogP contribution is -2.18. The molecule has 0 atom stereocenters. The standard InChI is InChI=1S/C29H26N6O3S/c30-20-8-4-7-19(15-20)25-11-12-26(39-25)28(38)34-29-33-22-16-21(9-10-23(22)35(29)14-13-27(31)37)32-17-24(36)18-5-2-1-3-6-18/h1-12,15-16,32H,13-14,17,30H2,(H2,31,37)(H,33,34,38). The van der Waals surface area contributed by atoms with E-state index in [4.69, 9.17) is 11.5 Å². The summed E-state index contributed by atoms with van der Waals surface area (Å²) < 4.78 is 1.75. The molecule has 2 aromatic heterocycles. The van der Waals surface area contributed by atoms with Gasteiger partial charge in [-0.15, -0.1) is 11.3 Å². The molecule has 5 rings (SSSR count). The fourth-order valence-electron chi connectivity index (χ4n) is 4.16. The molecule has 0 saturated carbocycles. The molecule has 0 aliphatic heterocycles. The number of carbonyl (C=O) groups is 3. The second-order valence-electron chi connectivity index (χ2n) is 8.89. The molecule has 0 radical (unpaired) electrons. The average Bonchev–Trinajstić information content (AvgIpc) is 3.56. The number of carbonyl (C=O) groups excluding carboxylic acids is 3. The smallest absolute Gasteiger partial charge is 0.268 e. The lowest BCUT2D eigenvalue weighted by atomic mass is 10.1. The fraction of sp³-hybridized carbons (Fsp3) is 0.103. The number of thiophene rings is 1. The summed E-state index contributed by atoms with van der Waals surface area (Å²) in [6.07, 6.45) is 0.0818. The molecular formula is C29H26N6O3S. The van der Waals surface area contributed by atoms with Crippen molar-refractivity contribution in [2.45, 2.75) is 13.0 Å². The number of aryl methyl sites for hydroxylation is 1. The van der Waals surface area contributed by atoms with E-state index in [1.165, 1.54) is 11.3 Å². The number of aromatic nitrogens is 2. The molecule has 6 N–H and O–H groups in total. The van der Waals surface area contributed by atoms with Crippen LogP contribution in [0, 0.1) is 0 Å². The largest absolute Gasteiger partial charge is 0.399 e. The molecule has 39 heavy (non-hydrogen) atoms. The van der Waals surface area contributed by atoms with Gasteiger partial charge in [0.25, 0.3) is 5.91 Å². The zero-order valence-electron chi connectivity index (χ0n) is 20.9. The van der Waals surface area contributed by atoms with Crippen LogP contribution in [-0.2, 0) is 11.3 Å². The van der Waals surface area contributed by atoms with Crippen molar-refractivity contribution in [3.63, 3.8) is 0 Å². The van der Waals surface area contributed by atoms with Gasteiger partial charge in [0.15, 0.2) is 5.78 Å². The van der Waals surface area contributed by atoms with Gasteiger partial charge >= 0.3 is 0 Å². The first-order chi connectivity index (χ1) is 18.9. The van der Waals surface area contributed by atoms with E-state index in [1.807, 2.05) is 60.7 Å². The van der Waals surface area contributed by atoms with Gasteiger partial charge in [0, 0.05) is 34.8 Å². The highest BCUT2D eigenvalue weighted by atomic mass is 32.1. The molecule has 0 fully saturated rings. The molecule has 10 heteroatoms. The summed E-state index contributed by atoms with van der Waals surface area (Å²) in [4.78, 5) is 43.2. The van der Waals surface area contributed by atoms with Crippen LogP contribution in [0.5, 0.6) is 0 Å². The highest BCUT2D eigenvalue weighted by Gasteiger charge is 2.17. The fourth-order valence-corrected chi connectivity index (χ4v) is 5.06. The van der Waals surface area contributed by atoms with E-state index in [9.17, 15) is 14.4 Å². The number of hydrogen-bond acceptors (Lipinski definition) is 7. The minimum Gasteiger partial charge on any atom is -0.399 e. The summed E-state index contributed by atoms with van der Waals surface area (Å²) in [6.45, 7) is 0.370. The van der Waals surface area contributed by atoms with E-state index >= 15 is 0 Å². The van der Waals surface area contributed by atoms with E-state index in [-0.39, 0.29) is 31.2 Å². The maximum Gasteiger partial charge on any atom is 0.268 e. The van der Waals surface area contributed by atoms with Crippen LogP contribution in [0.4, 0.5) is 17.3 Å². The highest BCUT2D eigenvalue weighted by molar-refractivity contribution is 7.17. The molecule has 2 heterocycles. The molecule has 3 aromatic carbocycles. The predicted molar refractivity (Wildman–Crippen MR) is 155 cm³/mol. The van der Waals surface area contributed by atoms with E-state index < -0.39 is 5.91 Å². The molecular weight excluding hydrogens is 512 g/mol. The molecule has 0 aliphatic carbocycles. The minimum absolute atomic E-state index is 0.0378. The van der Waals surface area contributed by atoms with Crippen LogP contribution < -0.4 is 22.1 Å². The van der Waals surface area contributed by atoms with Crippen LogP contribution in [0.1, 0.15) is 26.5 Å². The third kappa shape index (κ3) is 5.97. The van der Waals surface area contributed by atoms with Gasteiger partial charge in [-0.1, -0.05) is 42.5 Å². The van der Waals surface area contributed by atoms with Crippen molar-refractivity contribution in [1.29, 1.82) is 0 Å². The van der Waals surface area contributed by atoms with Crippen molar-refractivity contribution >= 4 is 57.3 Å². The van der Waals surface area contributed by atoms with Gasteiger partial charge in [0.1, 0.15) is 0 Å². The Bertz CT molecular complexity index is 1680. The lowest BCUT2D eigenvalue weighted by molar-refractivity contribution is -0.118. The highest BCUT2D eigenvalue weighted by Crippen LogP contribution is 2.30. The third-order valence-corrected chi connectivity index (χ3v) is 7.24. The van der Waals surface area contributed by atoms with Crippen molar-refractivity contribution in [3.05, 3.63) is 95.4 Å². The van der Waals surface area contributed by atoms with E-state index in [0.29, 0.717) is 33.3 Å². The Morgan fingerprint density at radius 3 is 2.51 bits per heavy atom. The number of hydrogen-bond donors (Lipinski definition) is 4. The summed E-state index contributed by atoms with van der Waals surface area (Å²) in [5, 5.41) is 6.01. The first kappa shape index (κ1) is 25.7. The Balaban J connectivity index is 1.37. The molecule has 0 spiro atoms. The van der Waals surface area contributed by atoms with Gasteiger partial charge < -0.3 is 21.4 Å². The predicted octanol–water partition coefficient (Wildman–Crippen LogP) is 4.77. The minimum atomic E-state index is -0.461. The van der Waals surface area contributed by atoms with Gasteiger partial charge in [0.05, 0.1) is 22.5 Å². The number of nitrogens with two attached hydrogens (primary N) is 2. The first-order valence-corrected chi connectivity index (χ1v) is 13.1. The molecule has 196 valence electrons. The molecule has 0 bridgehead atoms. The molecule has 0 saturated heterocycles. The average molecular weight is 539 g/mol. The Morgan fingerprint density at radius 1 is 0.923 bits per heavy atom. The van der Waals surface area contributed by atoms with Gasteiger partial charge in [-0.3, -0.25) is 19.7 Å². The van der Waals surface area contributed by atoms with Crippen molar-refractivity contribution < 1.29 is 14.4 Å². The number of amides is 2. The Hall–Kier alpha value is -4.96. The summed E-state index contributed by atoms with van der Waals surface area (Å²) in [7, 11) is 0. The van der Waals surface area contributed by atoms with Crippen LogP contribution in [0.25, 0.3) is 21.5 Å². The SMILES string of the molecule is NC(=O)CCn1c(NC(=O)c2ccc(-c3cccc(N)c3)s2)nc2cc(NCC(=O)c3ccccc3)ccc21.